The molecule has 1 aliphatic carbocycles. The maximum atomic E-state index is 11.3. The van der Waals surface area contributed by atoms with Crippen molar-refractivity contribution in [3.8, 4) is 0 Å². The van der Waals surface area contributed by atoms with E-state index in [-0.39, 0.29) is 6.42 Å². The van der Waals surface area contributed by atoms with E-state index < -0.39 is 11.5 Å². The zero-order valence-corrected chi connectivity index (χ0v) is 12.7. The third kappa shape index (κ3) is 4.48. The number of carboxylic acid groups (broad SMARTS) is 1. The summed E-state index contributed by atoms with van der Waals surface area (Å²) in [6.07, 6.45) is 10.5. The van der Waals surface area contributed by atoms with E-state index in [1.54, 1.807) is 0 Å². The molecule has 3 N–H and O–H groups in total. The highest BCUT2D eigenvalue weighted by atomic mass is 16.4. The third-order valence-corrected chi connectivity index (χ3v) is 4.98. The smallest absolute Gasteiger partial charge is 0.305 e. The zero-order valence-electron chi connectivity index (χ0n) is 12.7. The maximum Gasteiger partial charge on any atom is 0.305 e. The van der Waals surface area contributed by atoms with E-state index in [0.29, 0.717) is 11.8 Å². The van der Waals surface area contributed by atoms with Gasteiger partial charge < -0.3 is 10.8 Å². The first-order valence-corrected chi connectivity index (χ1v) is 8.05. The SMILES string of the molecule is CCCCC(CC)C(N)(CC(=O)O)C1CCCCC1. The molecule has 0 aromatic heterocycles. The molecule has 1 rings (SSSR count). The van der Waals surface area contributed by atoms with Crippen LogP contribution in [0.2, 0.25) is 0 Å². The number of nitrogens with two attached hydrogens (primary N) is 1. The van der Waals surface area contributed by atoms with Gasteiger partial charge in [0.05, 0.1) is 6.42 Å². The van der Waals surface area contributed by atoms with E-state index in [1.807, 2.05) is 0 Å². The Kier molecular flexibility index (Phi) is 6.84. The minimum Gasteiger partial charge on any atom is -0.481 e. The van der Waals surface area contributed by atoms with Crippen LogP contribution in [0, 0.1) is 11.8 Å². The first-order valence-electron chi connectivity index (χ1n) is 8.05. The van der Waals surface area contributed by atoms with Crippen LogP contribution in [0.3, 0.4) is 0 Å². The topological polar surface area (TPSA) is 63.3 Å². The Bertz CT molecular complexity index is 274. The second-order valence-electron chi connectivity index (χ2n) is 6.27. The fourth-order valence-electron chi connectivity index (χ4n) is 3.83. The molecule has 3 heteroatoms. The van der Waals surface area contributed by atoms with E-state index in [4.69, 9.17) is 5.73 Å². The van der Waals surface area contributed by atoms with Crippen LogP contribution in [0.4, 0.5) is 0 Å². The highest BCUT2D eigenvalue weighted by Crippen LogP contribution is 2.40. The molecule has 0 bridgehead atoms. The van der Waals surface area contributed by atoms with Gasteiger partial charge in [-0.25, -0.2) is 0 Å². The van der Waals surface area contributed by atoms with E-state index in [9.17, 15) is 9.90 Å². The predicted octanol–water partition coefficient (Wildman–Crippen LogP) is 3.96. The highest BCUT2D eigenvalue weighted by molar-refractivity contribution is 5.68. The monoisotopic (exact) mass is 269 g/mol. The molecule has 112 valence electrons. The third-order valence-electron chi connectivity index (χ3n) is 4.98. The van der Waals surface area contributed by atoms with Gasteiger partial charge in [-0.1, -0.05) is 52.4 Å². The van der Waals surface area contributed by atoms with Crippen molar-refractivity contribution in [3.63, 3.8) is 0 Å². The number of hydrogen-bond acceptors (Lipinski definition) is 2. The van der Waals surface area contributed by atoms with Crippen LogP contribution in [0.25, 0.3) is 0 Å². The summed E-state index contributed by atoms with van der Waals surface area (Å²) in [6.45, 7) is 4.34. The van der Waals surface area contributed by atoms with Crippen LogP contribution < -0.4 is 5.73 Å². The fourth-order valence-corrected chi connectivity index (χ4v) is 3.83. The average molecular weight is 269 g/mol. The summed E-state index contributed by atoms with van der Waals surface area (Å²) >= 11 is 0. The molecule has 0 aromatic rings. The molecule has 0 aromatic carbocycles. The average Bonchev–Trinajstić information content (AvgIpc) is 2.39. The van der Waals surface area contributed by atoms with Crippen LogP contribution in [0.1, 0.15) is 78.1 Å². The lowest BCUT2D eigenvalue weighted by molar-refractivity contribution is -0.140. The molecule has 0 spiro atoms. The van der Waals surface area contributed by atoms with Gasteiger partial charge in [0, 0.05) is 5.54 Å². The van der Waals surface area contributed by atoms with Gasteiger partial charge in [-0.05, 0) is 31.1 Å². The second-order valence-corrected chi connectivity index (χ2v) is 6.27. The van der Waals surface area contributed by atoms with Gasteiger partial charge in [-0.15, -0.1) is 0 Å². The summed E-state index contributed by atoms with van der Waals surface area (Å²) in [5.41, 5.74) is 6.20. The van der Waals surface area contributed by atoms with Crippen molar-refractivity contribution in [3.05, 3.63) is 0 Å². The van der Waals surface area contributed by atoms with Gasteiger partial charge in [0.1, 0.15) is 0 Å². The first kappa shape index (κ1) is 16.5. The van der Waals surface area contributed by atoms with Crippen LogP contribution in [0.15, 0.2) is 0 Å². The summed E-state index contributed by atoms with van der Waals surface area (Å²) in [5.74, 6) is 0.0221. The number of carbonyl (C=O) groups is 1. The molecular formula is C16H31NO2. The molecule has 0 aliphatic heterocycles. The Morgan fingerprint density at radius 2 is 1.95 bits per heavy atom. The maximum absolute atomic E-state index is 11.3. The molecule has 0 amide bonds. The molecule has 1 fully saturated rings. The van der Waals surface area contributed by atoms with Gasteiger partial charge in [0.25, 0.3) is 0 Å². The lowest BCUT2D eigenvalue weighted by Gasteiger charge is -2.44. The number of rotatable bonds is 8. The largest absolute Gasteiger partial charge is 0.481 e. The minimum absolute atomic E-state index is 0.139. The quantitative estimate of drug-likeness (QED) is 0.701. The van der Waals surface area contributed by atoms with Gasteiger partial charge >= 0.3 is 5.97 Å². The molecule has 2 atom stereocenters. The van der Waals surface area contributed by atoms with Crippen LogP contribution in [-0.2, 0) is 4.79 Å². The lowest BCUT2D eigenvalue weighted by atomic mass is 9.65. The predicted molar refractivity (Wildman–Crippen MR) is 79.1 cm³/mol. The zero-order chi connectivity index (χ0) is 14.3. The molecule has 0 saturated heterocycles. The van der Waals surface area contributed by atoms with E-state index >= 15 is 0 Å². The van der Waals surface area contributed by atoms with Crippen molar-refractivity contribution >= 4 is 5.97 Å². The molecule has 1 aliphatic rings. The van der Waals surface area contributed by atoms with Gasteiger partial charge in [-0.3, -0.25) is 4.79 Å². The normalized spacial score (nSPS) is 21.8. The van der Waals surface area contributed by atoms with Crippen molar-refractivity contribution in [2.45, 2.75) is 83.6 Å². The van der Waals surface area contributed by atoms with Gasteiger partial charge in [0.15, 0.2) is 0 Å². The Morgan fingerprint density at radius 3 is 2.42 bits per heavy atom. The summed E-state index contributed by atoms with van der Waals surface area (Å²) in [5, 5.41) is 9.27. The molecule has 3 nitrogen and oxygen atoms in total. The summed E-state index contributed by atoms with van der Waals surface area (Å²) in [4.78, 5) is 11.3. The molecule has 0 heterocycles. The van der Waals surface area contributed by atoms with E-state index in [0.717, 1.165) is 38.5 Å². The second kappa shape index (κ2) is 7.88. The Labute approximate surface area is 118 Å². The van der Waals surface area contributed by atoms with Crippen molar-refractivity contribution in [1.29, 1.82) is 0 Å². The molecule has 0 radical (unpaired) electrons. The first-order chi connectivity index (χ1) is 9.04. The summed E-state index contributed by atoms with van der Waals surface area (Å²) in [7, 11) is 0. The van der Waals surface area contributed by atoms with E-state index in [1.165, 1.54) is 19.3 Å². The van der Waals surface area contributed by atoms with Crippen molar-refractivity contribution in [2.75, 3.05) is 0 Å². The van der Waals surface area contributed by atoms with Crippen molar-refractivity contribution < 1.29 is 9.90 Å². The molecule has 1 saturated carbocycles. The minimum atomic E-state index is -0.733. The Hall–Kier alpha value is -0.570. The van der Waals surface area contributed by atoms with Crippen molar-refractivity contribution in [2.24, 2.45) is 17.6 Å². The van der Waals surface area contributed by atoms with Gasteiger partial charge in [-0.2, -0.15) is 0 Å². The standard InChI is InChI=1S/C16H31NO2/c1-3-5-9-13(4-2)16(17,12-15(18)19)14-10-7-6-8-11-14/h13-14H,3-12,17H2,1-2H3,(H,18,19). The number of carboxylic acids is 1. The van der Waals surface area contributed by atoms with Crippen LogP contribution >= 0.6 is 0 Å². The molecule has 19 heavy (non-hydrogen) atoms. The van der Waals surface area contributed by atoms with Gasteiger partial charge in [0.2, 0.25) is 0 Å². The summed E-state index contributed by atoms with van der Waals surface area (Å²) in [6, 6.07) is 0. The fraction of sp³-hybridized carbons (Fsp3) is 0.938. The Morgan fingerprint density at radius 1 is 1.32 bits per heavy atom. The van der Waals surface area contributed by atoms with E-state index in [2.05, 4.69) is 13.8 Å². The highest BCUT2D eigenvalue weighted by Gasteiger charge is 2.42. The number of unbranched alkanes of at least 4 members (excludes halogenated alkanes) is 1. The van der Waals surface area contributed by atoms with Crippen molar-refractivity contribution in [1.82, 2.24) is 0 Å². The van der Waals surface area contributed by atoms with Crippen LogP contribution in [-0.4, -0.2) is 16.6 Å². The molecule has 2 unspecified atom stereocenters. The Balaban J connectivity index is 2.84. The number of hydrogen-bond donors (Lipinski definition) is 2. The lowest BCUT2D eigenvalue weighted by Crippen LogP contribution is -2.55. The molecular weight excluding hydrogens is 238 g/mol. The van der Waals surface area contributed by atoms with Crippen LogP contribution in [0.5, 0.6) is 0 Å². The number of aliphatic carboxylic acids is 1. The summed E-state index contributed by atoms with van der Waals surface area (Å²) < 4.78 is 0.